The maximum absolute atomic E-state index is 4.41. The molecule has 0 aromatic heterocycles. The Morgan fingerprint density at radius 2 is 2.00 bits per heavy atom. The summed E-state index contributed by atoms with van der Waals surface area (Å²) in [7, 11) is 1.93. The zero-order valence-corrected chi connectivity index (χ0v) is 10.3. The summed E-state index contributed by atoms with van der Waals surface area (Å²) in [5.41, 5.74) is 4.64. The number of hydrogen-bond donors (Lipinski definition) is 1. The molecule has 1 aliphatic rings. The molecule has 0 aliphatic carbocycles. The summed E-state index contributed by atoms with van der Waals surface area (Å²) in [4.78, 5) is 6.63. The minimum absolute atomic E-state index is 0.671. The van der Waals surface area contributed by atoms with Gasteiger partial charge >= 0.3 is 0 Å². The Balaban J connectivity index is 2.05. The summed E-state index contributed by atoms with van der Waals surface area (Å²) in [6.07, 6.45) is 1.94. The molecule has 0 unspecified atom stereocenters. The first-order valence-electron chi connectivity index (χ1n) is 6.03. The van der Waals surface area contributed by atoms with Crippen molar-refractivity contribution >= 4 is 23.3 Å². The summed E-state index contributed by atoms with van der Waals surface area (Å²) >= 11 is 0. The van der Waals surface area contributed by atoms with Crippen LogP contribution in [0.25, 0.3) is 0 Å². The molecular weight excluding hydrogens is 222 g/mol. The van der Waals surface area contributed by atoms with E-state index < -0.39 is 0 Å². The Morgan fingerprint density at radius 3 is 2.89 bits per heavy atom. The lowest BCUT2D eigenvalue weighted by Crippen LogP contribution is -2.21. The molecule has 3 heteroatoms. The maximum atomic E-state index is 4.41. The normalized spacial score (nSPS) is 13.3. The van der Waals surface area contributed by atoms with Gasteiger partial charge in [0.2, 0.25) is 0 Å². The van der Waals surface area contributed by atoms with E-state index in [1.807, 2.05) is 19.3 Å². The van der Waals surface area contributed by atoms with E-state index in [9.17, 15) is 0 Å². The maximum Gasteiger partial charge on any atom is 0.114 e. The monoisotopic (exact) mass is 237 g/mol. The second-order valence-corrected chi connectivity index (χ2v) is 4.24. The van der Waals surface area contributed by atoms with Crippen LogP contribution in [0.5, 0.6) is 0 Å². The van der Waals surface area contributed by atoms with E-state index in [1.54, 1.807) is 0 Å². The molecule has 0 saturated heterocycles. The van der Waals surface area contributed by atoms with Crippen LogP contribution >= 0.6 is 0 Å². The van der Waals surface area contributed by atoms with Crippen molar-refractivity contribution in [2.24, 2.45) is 4.99 Å². The van der Waals surface area contributed by atoms with Crippen molar-refractivity contribution in [1.29, 1.82) is 0 Å². The summed E-state index contributed by atoms with van der Waals surface area (Å²) < 4.78 is 0. The molecular formula is C15H15N3. The molecule has 0 amide bonds. The number of aliphatic imine (C=N–C) groups is 1. The minimum atomic E-state index is 0.671. The van der Waals surface area contributed by atoms with Gasteiger partial charge in [-0.25, -0.2) is 0 Å². The summed E-state index contributed by atoms with van der Waals surface area (Å²) in [5.74, 6) is 0. The lowest BCUT2D eigenvalue weighted by atomic mass is 10.1. The van der Waals surface area contributed by atoms with Gasteiger partial charge < -0.3 is 10.2 Å². The minimum Gasteiger partial charge on any atom is -0.388 e. The van der Waals surface area contributed by atoms with Crippen LogP contribution in [0.2, 0.25) is 0 Å². The van der Waals surface area contributed by atoms with Crippen LogP contribution in [0.15, 0.2) is 53.5 Å². The molecule has 2 aromatic carbocycles. The standard InChI is InChI=1S/C15H15N3/c1-16-13-6-4-7-14(9-13)18-11-17-10-12-5-2-3-8-15(12)18/h2-10,16H,11H2,1H3. The van der Waals surface area contributed by atoms with Gasteiger partial charge in [-0.1, -0.05) is 24.3 Å². The number of benzene rings is 2. The van der Waals surface area contributed by atoms with Crippen LogP contribution in [0.4, 0.5) is 17.1 Å². The van der Waals surface area contributed by atoms with Gasteiger partial charge in [0.15, 0.2) is 0 Å². The second-order valence-electron chi connectivity index (χ2n) is 4.24. The lowest BCUT2D eigenvalue weighted by Gasteiger charge is -2.27. The van der Waals surface area contributed by atoms with Gasteiger partial charge in [0.05, 0.1) is 5.69 Å². The molecule has 1 aliphatic heterocycles. The highest BCUT2D eigenvalue weighted by Gasteiger charge is 2.14. The molecule has 0 fully saturated rings. The van der Waals surface area contributed by atoms with Gasteiger partial charge in [0, 0.05) is 30.2 Å². The molecule has 18 heavy (non-hydrogen) atoms. The predicted octanol–water partition coefficient (Wildman–Crippen LogP) is 3.26. The Bertz CT molecular complexity index is 590. The zero-order valence-electron chi connectivity index (χ0n) is 10.3. The zero-order chi connectivity index (χ0) is 12.4. The number of nitrogens with one attached hydrogen (secondary N) is 1. The van der Waals surface area contributed by atoms with Gasteiger partial charge in [-0.3, -0.25) is 4.99 Å². The van der Waals surface area contributed by atoms with Crippen LogP contribution < -0.4 is 10.2 Å². The first kappa shape index (κ1) is 10.8. The molecule has 3 nitrogen and oxygen atoms in total. The molecule has 0 saturated carbocycles. The van der Waals surface area contributed by atoms with Crippen LogP contribution in [-0.2, 0) is 0 Å². The Morgan fingerprint density at radius 1 is 1.11 bits per heavy atom. The fourth-order valence-electron chi connectivity index (χ4n) is 2.19. The average molecular weight is 237 g/mol. The number of rotatable bonds is 2. The van der Waals surface area contributed by atoms with Crippen molar-refractivity contribution in [2.45, 2.75) is 0 Å². The van der Waals surface area contributed by atoms with Crippen LogP contribution in [0.3, 0.4) is 0 Å². The molecule has 2 aromatic rings. The quantitative estimate of drug-likeness (QED) is 0.868. The number of para-hydroxylation sites is 1. The molecule has 0 atom stereocenters. The van der Waals surface area contributed by atoms with Gasteiger partial charge in [-0.05, 0) is 24.3 Å². The fraction of sp³-hybridized carbons (Fsp3) is 0.133. The highest BCUT2D eigenvalue weighted by molar-refractivity contribution is 5.92. The molecule has 0 radical (unpaired) electrons. The van der Waals surface area contributed by atoms with Crippen molar-refractivity contribution in [3.05, 3.63) is 54.1 Å². The number of nitrogens with zero attached hydrogens (tertiary/aromatic N) is 2. The van der Waals surface area contributed by atoms with E-state index in [0.29, 0.717) is 6.67 Å². The van der Waals surface area contributed by atoms with E-state index >= 15 is 0 Å². The van der Waals surface area contributed by atoms with Gasteiger partial charge in [-0.15, -0.1) is 0 Å². The first-order valence-corrected chi connectivity index (χ1v) is 6.03. The lowest BCUT2D eigenvalue weighted by molar-refractivity contribution is 0.971. The second kappa shape index (κ2) is 4.53. The molecule has 3 rings (SSSR count). The Labute approximate surface area is 107 Å². The number of anilines is 3. The average Bonchev–Trinajstić information content (AvgIpc) is 2.47. The molecule has 0 bridgehead atoms. The molecule has 0 spiro atoms. The van der Waals surface area contributed by atoms with Crippen LogP contribution in [0.1, 0.15) is 5.56 Å². The van der Waals surface area contributed by atoms with Gasteiger partial charge in [0.1, 0.15) is 6.67 Å². The smallest absolute Gasteiger partial charge is 0.114 e. The number of hydrogen-bond acceptors (Lipinski definition) is 3. The Kier molecular flexibility index (Phi) is 2.73. The third-order valence-electron chi connectivity index (χ3n) is 3.13. The highest BCUT2D eigenvalue weighted by Crippen LogP contribution is 2.31. The van der Waals surface area contributed by atoms with Crippen LogP contribution in [0, 0.1) is 0 Å². The molecule has 1 heterocycles. The van der Waals surface area contributed by atoms with E-state index in [-0.39, 0.29) is 0 Å². The summed E-state index contributed by atoms with van der Waals surface area (Å²) in [6, 6.07) is 16.7. The predicted molar refractivity (Wildman–Crippen MR) is 77.0 cm³/mol. The fourth-order valence-corrected chi connectivity index (χ4v) is 2.19. The first-order chi connectivity index (χ1) is 8.88. The third kappa shape index (κ3) is 1.84. The van der Waals surface area contributed by atoms with Crippen molar-refractivity contribution < 1.29 is 0 Å². The largest absolute Gasteiger partial charge is 0.388 e. The third-order valence-corrected chi connectivity index (χ3v) is 3.13. The van der Waals surface area contributed by atoms with E-state index in [0.717, 1.165) is 11.4 Å². The van der Waals surface area contributed by atoms with E-state index in [2.05, 4.69) is 57.7 Å². The highest BCUT2D eigenvalue weighted by atomic mass is 15.2. The summed E-state index contributed by atoms with van der Waals surface area (Å²) in [6.45, 7) is 0.671. The van der Waals surface area contributed by atoms with Gasteiger partial charge in [0.25, 0.3) is 0 Å². The van der Waals surface area contributed by atoms with E-state index in [1.165, 1.54) is 11.3 Å². The molecule has 1 N–H and O–H groups in total. The van der Waals surface area contributed by atoms with Crippen molar-refractivity contribution in [3.8, 4) is 0 Å². The number of fused-ring (bicyclic) bond motifs is 1. The Hall–Kier alpha value is -2.29. The van der Waals surface area contributed by atoms with Crippen molar-refractivity contribution in [1.82, 2.24) is 0 Å². The van der Waals surface area contributed by atoms with E-state index in [4.69, 9.17) is 0 Å². The van der Waals surface area contributed by atoms with Gasteiger partial charge in [-0.2, -0.15) is 0 Å². The SMILES string of the molecule is CNc1cccc(N2CN=Cc3ccccc32)c1. The van der Waals surface area contributed by atoms with Crippen molar-refractivity contribution in [2.75, 3.05) is 23.9 Å². The van der Waals surface area contributed by atoms with Crippen molar-refractivity contribution in [3.63, 3.8) is 0 Å². The topological polar surface area (TPSA) is 27.6 Å². The molecule has 90 valence electrons. The summed E-state index contributed by atoms with van der Waals surface area (Å²) in [5, 5.41) is 3.17. The van der Waals surface area contributed by atoms with Crippen LogP contribution in [-0.4, -0.2) is 19.9 Å².